The molecule has 2 heterocycles. The average Bonchev–Trinajstić information content (AvgIpc) is 2.76. The van der Waals surface area contributed by atoms with Gasteiger partial charge in [0.1, 0.15) is 6.33 Å². The highest BCUT2D eigenvalue weighted by atomic mass is 127. The van der Waals surface area contributed by atoms with Crippen LogP contribution >= 0.6 is 22.6 Å². The first-order chi connectivity index (χ1) is 7.15. The summed E-state index contributed by atoms with van der Waals surface area (Å²) in [6, 6.07) is 2.41. The van der Waals surface area contributed by atoms with Gasteiger partial charge in [0.2, 0.25) is 3.83 Å². The van der Waals surface area contributed by atoms with Crippen LogP contribution in [0.25, 0.3) is 0 Å². The monoisotopic (exact) mass is 317 g/mol. The molecule has 5 nitrogen and oxygen atoms in total. The lowest BCUT2D eigenvalue weighted by Crippen LogP contribution is -2.05. The van der Waals surface area contributed by atoms with Crippen LogP contribution in [-0.4, -0.2) is 24.5 Å². The van der Waals surface area contributed by atoms with Crippen molar-refractivity contribution >= 4 is 22.6 Å². The first-order valence-corrected chi connectivity index (χ1v) is 5.82. The summed E-state index contributed by atoms with van der Waals surface area (Å²) in [5.74, 6) is 0. The van der Waals surface area contributed by atoms with Crippen molar-refractivity contribution in [3.63, 3.8) is 0 Å². The summed E-state index contributed by atoms with van der Waals surface area (Å²) in [6.45, 7) is 4.89. The van der Waals surface area contributed by atoms with Gasteiger partial charge in [-0.3, -0.25) is 4.68 Å². The van der Waals surface area contributed by atoms with Crippen LogP contribution in [0.15, 0.2) is 18.6 Å². The molecule has 0 unspecified atom stereocenters. The second kappa shape index (κ2) is 4.30. The molecular formula is C9H12IN5. The zero-order chi connectivity index (χ0) is 10.8. The van der Waals surface area contributed by atoms with Gasteiger partial charge in [0.25, 0.3) is 0 Å². The SMILES string of the molecule is CC(C)n1ccc(Cn2cnc(I)n2)n1. The maximum atomic E-state index is 4.44. The van der Waals surface area contributed by atoms with Crippen LogP contribution in [0.5, 0.6) is 0 Å². The van der Waals surface area contributed by atoms with Crippen molar-refractivity contribution in [1.82, 2.24) is 24.5 Å². The van der Waals surface area contributed by atoms with Crippen LogP contribution < -0.4 is 0 Å². The molecule has 80 valence electrons. The van der Waals surface area contributed by atoms with E-state index in [1.807, 2.05) is 16.9 Å². The summed E-state index contributed by atoms with van der Waals surface area (Å²) < 4.78 is 4.49. The zero-order valence-electron chi connectivity index (χ0n) is 8.63. The predicted molar refractivity (Wildman–Crippen MR) is 64.5 cm³/mol. The molecule has 0 aliphatic rings. The number of aromatic nitrogens is 5. The van der Waals surface area contributed by atoms with Gasteiger partial charge in [-0.15, -0.1) is 5.10 Å². The fraction of sp³-hybridized carbons (Fsp3) is 0.444. The molecule has 0 aliphatic heterocycles. The van der Waals surface area contributed by atoms with E-state index in [0.29, 0.717) is 12.6 Å². The van der Waals surface area contributed by atoms with E-state index in [2.05, 4.69) is 51.6 Å². The van der Waals surface area contributed by atoms with Gasteiger partial charge in [-0.2, -0.15) is 5.10 Å². The summed E-state index contributed by atoms with van der Waals surface area (Å²) in [7, 11) is 0. The molecule has 6 heteroatoms. The van der Waals surface area contributed by atoms with E-state index in [-0.39, 0.29) is 0 Å². The largest absolute Gasteiger partial charge is 0.270 e. The van der Waals surface area contributed by atoms with E-state index in [1.165, 1.54) is 0 Å². The highest BCUT2D eigenvalue weighted by molar-refractivity contribution is 14.1. The third-order valence-corrected chi connectivity index (χ3v) is 2.52. The lowest BCUT2D eigenvalue weighted by Gasteiger charge is -2.03. The number of halogens is 1. The van der Waals surface area contributed by atoms with Gasteiger partial charge in [0.05, 0.1) is 12.2 Å². The van der Waals surface area contributed by atoms with Crippen LogP contribution in [-0.2, 0) is 6.54 Å². The molecule has 0 fully saturated rings. The fourth-order valence-corrected chi connectivity index (χ4v) is 1.67. The minimum Gasteiger partial charge on any atom is -0.270 e. The molecule has 0 radical (unpaired) electrons. The quantitative estimate of drug-likeness (QED) is 0.810. The lowest BCUT2D eigenvalue weighted by atomic mass is 10.4. The van der Waals surface area contributed by atoms with Crippen molar-refractivity contribution in [3.05, 3.63) is 28.1 Å². The highest BCUT2D eigenvalue weighted by Crippen LogP contribution is 2.05. The van der Waals surface area contributed by atoms with Crippen molar-refractivity contribution in [2.45, 2.75) is 26.4 Å². The van der Waals surface area contributed by atoms with Crippen molar-refractivity contribution in [2.24, 2.45) is 0 Å². The van der Waals surface area contributed by atoms with Crippen molar-refractivity contribution in [2.75, 3.05) is 0 Å². The number of nitrogens with zero attached hydrogens (tertiary/aromatic N) is 5. The normalized spacial score (nSPS) is 11.2. The van der Waals surface area contributed by atoms with Gasteiger partial charge in [-0.05, 0) is 19.9 Å². The molecule has 0 N–H and O–H groups in total. The molecule has 0 spiro atoms. The molecular weight excluding hydrogens is 305 g/mol. The Hall–Kier alpha value is -0.920. The Bertz CT molecular complexity index is 445. The Labute approximate surface area is 102 Å². The van der Waals surface area contributed by atoms with Gasteiger partial charge in [0.15, 0.2) is 0 Å². The second-order valence-corrected chi connectivity index (χ2v) is 4.56. The number of hydrogen-bond donors (Lipinski definition) is 0. The van der Waals surface area contributed by atoms with E-state index in [9.17, 15) is 0 Å². The van der Waals surface area contributed by atoms with Crippen LogP contribution in [0.2, 0.25) is 0 Å². The van der Waals surface area contributed by atoms with E-state index in [0.717, 1.165) is 9.53 Å². The molecule has 0 amide bonds. The fourth-order valence-electron chi connectivity index (χ4n) is 1.26. The molecule has 15 heavy (non-hydrogen) atoms. The predicted octanol–water partition coefficient (Wildman–Crippen LogP) is 1.71. The topological polar surface area (TPSA) is 48.5 Å². The molecule has 0 atom stereocenters. The van der Waals surface area contributed by atoms with Gasteiger partial charge in [-0.25, -0.2) is 9.67 Å². The molecule has 0 saturated heterocycles. The Morgan fingerprint density at radius 2 is 2.20 bits per heavy atom. The van der Waals surface area contributed by atoms with Crippen LogP contribution in [0.3, 0.4) is 0 Å². The Kier molecular flexibility index (Phi) is 3.03. The first-order valence-electron chi connectivity index (χ1n) is 4.74. The van der Waals surface area contributed by atoms with Gasteiger partial charge in [-0.1, -0.05) is 0 Å². The van der Waals surface area contributed by atoms with Crippen molar-refractivity contribution in [1.29, 1.82) is 0 Å². The van der Waals surface area contributed by atoms with Crippen LogP contribution in [0.4, 0.5) is 0 Å². The minimum atomic E-state index is 0.398. The summed E-state index contributed by atoms with van der Waals surface area (Å²) >= 11 is 2.09. The van der Waals surface area contributed by atoms with Crippen molar-refractivity contribution < 1.29 is 0 Å². The molecule has 0 bridgehead atoms. The van der Waals surface area contributed by atoms with Crippen molar-refractivity contribution in [3.8, 4) is 0 Å². The van der Waals surface area contributed by atoms with Crippen LogP contribution in [0.1, 0.15) is 25.6 Å². The molecule has 0 saturated carbocycles. The third kappa shape index (κ3) is 2.55. The van der Waals surface area contributed by atoms with E-state index in [4.69, 9.17) is 0 Å². The molecule has 2 aromatic heterocycles. The number of hydrogen-bond acceptors (Lipinski definition) is 3. The van der Waals surface area contributed by atoms with Gasteiger partial charge >= 0.3 is 0 Å². The number of rotatable bonds is 3. The van der Waals surface area contributed by atoms with E-state index >= 15 is 0 Å². The van der Waals surface area contributed by atoms with Gasteiger partial charge < -0.3 is 0 Å². The third-order valence-electron chi connectivity index (χ3n) is 2.03. The Balaban J connectivity index is 2.11. The summed E-state index contributed by atoms with van der Waals surface area (Å²) in [4.78, 5) is 4.06. The minimum absolute atomic E-state index is 0.398. The maximum Gasteiger partial charge on any atom is 0.211 e. The maximum absolute atomic E-state index is 4.44. The van der Waals surface area contributed by atoms with Gasteiger partial charge in [0, 0.05) is 34.8 Å². The zero-order valence-corrected chi connectivity index (χ0v) is 10.8. The molecule has 2 aromatic rings. The standard InChI is InChI=1S/C9H12IN5/c1-7(2)15-4-3-8(12-15)5-14-6-11-9(10)13-14/h3-4,6-7H,5H2,1-2H3. The Morgan fingerprint density at radius 3 is 2.73 bits per heavy atom. The van der Waals surface area contributed by atoms with E-state index in [1.54, 1.807) is 11.0 Å². The second-order valence-electron chi connectivity index (χ2n) is 3.59. The highest BCUT2D eigenvalue weighted by Gasteiger charge is 2.03. The molecule has 0 aromatic carbocycles. The summed E-state index contributed by atoms with van der Waals surface area (Å²) in [5, 5.41) is 8.64. The van der Waals surface area contributed by atoms with Crippen LogP contribution in [0, 0.1) is 3.83 Å². The summed E-state index contributed by atoms with van der Waals surface area (Å²) in [5.41, 5.74) is 1.00. The summed E-state index contributed by atoms with van der Waals surface area (Å²) in [6.07, 6.45) is 3.71. The smallest absolute Gasteiger partial charge is 0.211 e. The first kappa shape index (κ1) is 10.6. The molecule has 0 aliphatic carbocycles. The van der Waals surface area contributed by atoms with E-state index < -0.39 is 0 Å². The molecule has 2 rings (SSSR count). The lowest BCUT2D eigenvalue weighted by molar-refractivity contribution is 0.520. The average molecular weight is 317 g/mol. The Morgan fingerprint density at radius 1 is 1.40 bits per heavy atom.